The molecule has 3 fully saturated rings. The maximum Gasteiger partial charge on any atom is 0.250 e. The van der Waals surface area contributed by atoms with E-state index in [1.807, 2.05) is 55.5 Å². The second kappa shape index (κ2) is 6.68. The number of carbonyl (C=O) groups excluding carboxylic acids is 3. The van der Waals surface area contributed by atoms with Crippen molar-refractivity contribution in [2.24, 2.45) is 11.8 Å². The van der Waals surface area contributed by atoms with Crippen LogP contribution >= 0.6 is 11.6 Å². The Morgan fingerprint density at radius 1 is 1.00 bits per heavy atom. The lowest BCUT2D eigenvalue weighted by atomic mass is 9.75. The van der Waals surface area contributed by atoms with Gasteiger partial charge >= 0.3 is 0 Å². The average molecular weight is 472 g/mol. The van der Waals surface area contributed by atoms with Gasteiger partial charge in [0.15, 0.2) is 0 Å². The number of halogens is 1. The Hall–Kier alpha value is -3.22. The molecule has 4 atom stereocenters. The Bertz CT molecular complexity index is 1450. The molecular formula is C27H22ClN3O3. The summed E-state index contributed by atoms with van der Waals surface area (Å²) in [5, 5.41) is 5.41. The maximum absolute atomic E-state index is 14.2. The zero-order chi connectivity index (χ0) is 23.4. The molecule has 0 aromatic heterocycles. The molecule has 7 rings (SSSR count). The van der Waals surface area contributed by atoms with Crippen molar-refractivity contribution in [2.45, 2.75) is 31.3 Å². The van der Waals surface area contributed by atoms with Crippen LogP contribution < -0.4 is 10.2 Å². The van der Waals surface area contributed by atoms with Crippen LogP contribution in [0.3, 0.4) is 0 Å². The number of rotatable bonds is 1. The summed E-state index contributed by atoms with van der Waals surface area (Å²) in [4.78, 5) is 45.5. The molecule has 1 spiro atoms. The van der Waals surface area contributed by atoms with Gasteiger partial charge in [-0.15, -0.1) is 0 Å². The van der Waals surface area contributed by atoms with E-state index in [9.17, 15) is 14.4 Å². The summed E-state index contributed by atoms with van der Waals surface area (Å²) in [7, 11) is 0. The van der Waals surface area contributed by atoms with Crippen LogP contribution in [-0.2, 0) is 19.9 Å². The number of imide groups is 1. The molecule has 1 N–H and O–H groups in total. The molecular weight excluding hydrogens is 450 g/mol. The molecule has 3 aromatic carbocycles. The van der Waals surface area contributed by atoms with Crippen molar-refractivity contribution in [1.29, 1.82) is 0 Å². The van der Waals surface area contributed by atoms with Crippen LogP contribution in [0, 0.1) is 18.8 Å². The molecule has 4 aliphatic rings. The van der Waals surface area contributed by atoms with E-state index in [4.69, 9.17) is 11.6 Å². The molecule has 170 valence electrons. The zero-order valence-electron chi connectivity index (χ0n) is 18.5. The van der Waals surface area contributed by atoms with Gasteiger partial charge in [0.2, 0.25) is 17.7 Å². The van der Waals surface area contributed by atoms with Crippen LogP contribution in [0.4, 0.5) is 11.4 Å². The second-order valence-electron chi connectivity index (χ2n) is 9.73. The Balaban J connectivity index is 1.46. The fourth-order valence-corrected chi connectivity index (χ4v) is 7.19. The fourth-order valence-electron chi connectivity index (χ4n) is 7.03. The minimum Gasteiger partial charge on any atom is -0.324 e. The number of hydrogen-bond acceptors (Lipinski definition) is 4. The van der Waals surface area contributed by atoms with E-state index in [0.29, 0.717) is 22.9 Å². The number of nitrogens with zero attached hydrogens (tertiary/aromatic N) is 2. The lowest BCUT2D eigenvalue weighted by Gasteiger charge is -2.36. The van der Waals surface area contributed by atoms with Crippen molar-refractivity contribution < 1.29 is 14.4 Å². The molecule has 3 aromatic rings. The van der Waals surface area contributed by atoms with Crippen molar-refractivity contribution >= 4 is 51.5 Å². The van der Waals surface area contributed by atoms with Gasteiger partial charge in [0.1, 0.15) is 5.54 Å². The van der Waals surface area contributed by atoms with Crippen molar-refractivity contribution in [3.63, 3.8) is 0 Å². The Labute approximate surface area is 201 Å². The van der Waals surface area contributed by atoms with Gasteiger partial charge in [0, 0.05) is 22.0 Å². The molecule has 3 saturated heterocycles. The normalized spacial score (nSPS) is 29.8. The molecule has 34 heavy (non-hydrogen) atoms. The summed E-state index contributed by atoms with van der Waals surface area (Å²) >= 11 is 6.37. The van der Waals surface area contributed by atoms with Crippen LogP contribution in [0.2, 0.25) is 5.02 Å². The highest BCUT2D eigenvalue weighted by molar-refractivity contribution is 6.32. The van der Waals surface area contributed by atoms with E-state index >= 15 is 0 Å². The van der Waals surface area contributed by atoms with Gasteiger partial charge in [-0.3, -0.25) is 19.3 Å². The van der Waals surface area contributed by atoms with E-state index in [0.717, 1.165) is 34.7 Å². The minimum atomic E-state index is -1.19. The van der Waals surface area contributed by atoms with E-state index in [1.54, 1.807) is 6.07 Å². The summed E-state index contributed by atoms with van der Waals surface area (Å²) in [5.41, 5.74) is 1.62. The SMILES string of the molecule is Cc1c(Cl)ccc2c1NC(=O)[C@@]21[C@@H]2C(=O)N(c3cccc4ccccc34)C(=O)[C@H]2[C@H]2CCCN21. The van der Waals surface area contributed by atoms with Gasteiger partial charge in [0.05, 0.1) is 23.2 Å². The number of benzene rings is 3. The molecule has 0 aliphatic carbocycles. The van der Waals surface area contributed by atoms with Crippen molar-refractivity contribution in [1.82, 2.24) is 4.90 Å². The Morgan fingerprint density at radius 3 is 2.65 bits per heavy atom. The molecule has 0 radical (unpaired) electrons. The van der Waals surface area contributed by atoms with Gasteiger partial charge in [-0.1, -0.05) is 54.1 Å². The first-order chi connectivity index (χ1) is 16.5. The van der Waals surface area contributed by atoms with E-state index in [-0.39, 0.29) is 23.8 Å². The quantitative estimate of drug-likeness (QED) is 0.539. The number of hydrogen-bond donors (Lipinski definition) is 1. The van der Waals surface area contributed by atoms with Crippen molar-refractivity contribution in [3.8, 4) is 0 Å². The lowest BCUT2D eigenvalue weighted by Crippen LogP contribution is -2.54. The van der Waals surface area contributed by atoms with E-state index in [2.05, 4.69) is 10.2 Å². The molecule has 6 nitrogen and oxygen atoms in total. The molecule has 3 amide bonds. The number of anilines is 2. The largest absolute Gasteiger partial charge is 0.324 e. The highest BCUT2D eigenvalue weighted by atomic mass is 35.5. The van der Waals surface area contributed by atoms with Crippen LogP contribution in [0.15, 0.2) is 54.6 Å². The first-order valence-corrected chi connectivity index (χ1v) is 12.1. The van der Waals surface area contributed by atoms with Gasteiger partial charge in [-0.25, -0.2) is 4.90 Å². The van der Waals surface area contributed by atoms with Gasteiger partial charge in [-0.2, -0.15) is 0 Å². The minimum absolute atomic E-state index is 0.144. The molecule has 4 heterocycles. The summed E-state index contributed by atoms with van der Waals surface area (Å²) in [6, 6.07) is 16.9. The first-order valence-electron chi connectivity index (χ1n) is 11.7. The standard InChI is InChI=1S/C27H22ClN3O3/c1-14-18(28)12-11-17-23(14)29-26(34)27(17)22-21(20-10-5-13-30(20)27)24(32)31(25(22)33)19-9-4-7-15-6-2-3-8-16(15)19/h2-4,6-9,11-12,20-22H,5,10,13H2,1H3,(H,29,34)/t20-,21+,22+,27+/m1/s1. The highest BCUT2D eigenvalue weighted by Gasteiger charge is 2.74. The maximum atomic E-state index is 14.2. The monoisotopic (exact) mass is 471 g/mol. The average Bonchev–Trinajstić information content (AvgIpc) is 3.55. The van der Waals surface area contributed by atoms with Crippen LogP contribution in [0.1, 0.15) is 24.0 Å². The summed E-state index contributed by atoms with van der Waals surface area (Å²) in [5.74, 6) is -2.05. The highest BCUT2D eigenvalue weighted by Crippen LogP contribution is 2.61. The molecule has 0 unspecified atom stereocenters. The topological polar surface area (TPSA) is 69.7 Å². The lowest BCUT2D eigenvalue weighted by molar-refractivity contribution is -0.135. The fraction of sp³-hybridized carbons (Fsp3) is 0.296. The Kier molecular flexibility index (Phi) is 3.96. The van der Waals surface area contributed by atoms with Crippen LogP contribution in [0.25, 0.3) is 10.8 Å². The zero-order valence-corrected chi connectivity index (χ0v) is 19.3. The van der Waals surface area contributed by atoms with E-state index < -0.39 is 17.4 Å². The Morgan fingerprint density at radius 2 is 1.79 bits per heavy atom. The van der Waals surface area contributed by atoms with Crippen molar-refractivity contribution in [2.75, 3.05) is 16.8 Å². The number of amides is 3. The third-order valence-corrected chi connectivity index (χ3v) is 8.78. The van der Waals surface area contributed by atoms with Gasteiger partial charge in [-0.05, 0) is 49.4 Å². The molecule has 0 saturated carbocycles. The van der Waals surface area contributed by atoms with Crippen LogP contribution in [-0.4, -0.2) is 35.2 Å². The predicted octanol–water partition coefficient (Wildman–Crippen LogP) is 4.23. The van der Waals surface area contributed by atoms with Crippen LogP contribution in [0.5, 0.6) is 0 Å². The number of nitrogens with one attached hydrogen (secondary N) is 1. The molecule has 4 aliphatic heterocycles. The first kappa shape index (κ1) is 20.2. The van der Waals surface area contributed by atoms with Gasteiger partial charge in [0.25, 0.3) is 0 Å². The summed E-state index contributed by atoms with van der Waals surface area (Å²) in [6.45, 7) is 2.55. The molecule has 0 bridgehead atoms. The molecule has 7 heteroatoms. The van der Waals surface area contributed by atoms with E-state index in [1.165, 1.54) is 4.90 Å². The second-order valence-corrected chi connectivity index (χ2v) is 10.1. The van der Waals surface area contributed by atoms with Gasteiger partial charge < -0.3 is 5.32 Å². The number of carbonyl (C=O) groups is 3. The third-order valence-electron chi connectivity index (χ3n) is 8.37. The predicted molar refractivity (Wildman–Crippen MR) is 130 cm³/mol. The van der Waals surface area contributed by atoms with Crippen molar-refractivity contribution in [3.05, 3.63) is 70.7 Å². The summed E-state index contributed by atoms with van der Waals surface area (Å²) in [6.07, 6.45) is 1.68. The third kappa shape index (κ3) is 2.19. The smallest absolute Gasteiger partial charge is 0.250 e. The number of fused-ring (bicyclic) bond motifs is 8. The summed E-state index contributed by atoms with van der Waals surface area (Å²) < 4.78 is 0.